The maximum absolute atomic E-state index is 12.3. The van der Waals surface area contributed by atoms with Crippen molar-refractivity contribution in [3.63, 3.8) is 0 Å². The molecule has 0 saturated carbocycles. The Kier molecular flexibility index (Phi) is 7.95. The monoisotopic (exact) mass is 433 g/mol. The number of anilines is 1. The van der Waals surface area contributed by atoms with Crippen LogP contribution in [0.2, 0.25) is 0 Å². The molecule has 3 rings (SSSR count). The van der Waals surface area contributed by atoms with Crippen LogP contribution in [0.5, 0.6) is 0 Å². The Morgan fingerprint density at radius 2 is 1.77 bits per heavy atom. The van der Waals surface area contributed by atoms with Crippen molar-refractivity contribution in [2.75, 3.05) is 31.1 Å². The fraction of sp³-hybridized carbons (Fsp3) is 0.500. The molecule has 0 radical (unpaired) electrons. The van der Waals surface area contributed by atoms with Gasteiger partial charge in [0.25, 0.3) is 11.1 Å². The third kappa shape index (κ3) is 6.01. The molecule has 0 unspecified atom stereocenters. The van der Waals surface area contributed by atoms with E-state index in [1.165, 1.54) is 0 Å². The summed E-state index contributed by atoms with van der Waals surface area (Å²) in [6.45, 7) is 14.0. The van der Waals surface area contributed by atoms with E-state index in [1.54, 1.807) is 11.0 Å². The Bertz CT molecular complexity index is 837. The summed E-state index contributed by atoms with van der Waals surface area (Å²) in [4.78, 5) is 39.9. The first-order valence-corrected chi connectivity index (χ1v) is 11.0. The number of nitrogens with one attached hydrogen (secondary N) is 1. The minimum Gasteiger partial charge on any atom is -0.444 e. The van der Waals surface area contributed by atoms with E-state index in [1.807, 2.05) is 59.7 Å². The number of hydrogen-bond acceptors (Lipinski definition) is 6. The number of carbonyl (C=O) groups is 3. The molecule has 1 aromatic rings. The highest BCUT2D eigenvalue weighted by molar-refractivity contribution is 8.18. The molecule has 0 atom stereocenters. The summed E-state index contributed by atoms with van der Waals surface area (Å²) in [6, 6.07) is 5.89. The van der Waals surface area contributed by atoms with Crippen molar-refractivity contribution < 1.29 is 19.1 Å². The van der Waals surface area contributed by atoms with E-state index in [9.17, 15) is 14.4 Å². The smallest absolute Gasteiger partial charge is 0.410 e. The van der Waals surface area contributed by atoms with Crippen LogP contribution in [-0.4, -0.2) is 53.9 Å². The Morgan fingerprint density at radius 1 is 1.13 bits per heavy atom. The SMILES string of the molecule is CC.Cc1cccc(/C=C2\SC(=O)NC2=O)c1N1CCN(C(=O)OC(C)(C)C)CC1. The number of carbonyl (C=O) groups excluding carboxylic acids is 3. The molecular formula is C22H31N3O4S. The molecule has 2 saturated heterocycles. The van der Waals surface area contributed by atoms with Crippen molar-refractivity contribution in [1.82, 2.24) is 10.2 Å². The van der Waals surface area contributed by atoms with Gasteiger partial charge in [-0.2, -0.15) is 0 Å². The van der Waals surface area contributed by atoms with Crippen LogP contribution in [0.1, 0.15) is 45.7 Å². The first-order chi connectivity index (χ1) is 14.1. The fourth-order valence-corrected chi connectivity index (χ4v) is 3.90. The molecule has 0 aliphatic carbocycles. The normalized spacial score (nSPS) is 18.1. The van der Waals surface area contributed by atoms with Crippen LogP contribution in [0.3, 0.4) is 0 Å². The molecule has 30 heavy (non-hydrogen) atoms. The van der Waals surface area contributed by atoms with Crippen LogP contribution in [0.4, 0.5) is 15.3 Å². The molecule has 7 nitrogen and oxygen atoms in total. The molecule has 2 heterocycles. The van der Waals surface area contributed by atoms with Crippen molar-refractivity contribution >= 4 is 40.8 Å². The topological polar surface area (TPSA) is 79.0 Å². The fourth-order valence-electron chi connectivity index (χ4n) is 3.23. The standard InChI is InChI=1S/C20H25N3O4S.C2H6/c1-13-6-5-7-14(12-15-17(24)21-18(25)28-15)16(13)22-8-10-23(11-9-22)19(26)27-20(2,3)4;1-2/h5-7,12H,8-11H2,1-4H3,(H,21,24,25);1-2H3/b15-12-;. The third-order valence-corrected chi connectivity index (χ3v) is 5.26. The lowest BCUT2D eigenvalue weighted by molar-refractivity contribution is -0.115. The van der Waals surface area contributed by atoms with Crippen molar-refractivity contribution in [2.24, 2.45) is 0 Å². The quantitative estimate of drug-likeness (QED) is 0.697. The number of rotatable bonds is 2. The number of benzene rings is 1. The lowest BCUT2D eigenvalue weighted by Crippen LogP contribution is -2.50. The molecule has 3 amide bonds. The van der Waals surface area contributed by atoms with Gasteiger partial charge in [0.2, 0.25) is 0 Å². The van der Waals surface area contributed by atoms with Crippen LogP contribution < -0.4 is 10.2 Å². The number of para-hydroxylation sites is 1. The van der Waals surface area contributed by atoms with Gasteiger partial charge in [0, 0.05) is 31.9 Å². The highest BCUT2D eigenvalue weighted by atomic mass is 32.2. The minimum atomic E-state index is -0.513. The molecule has 2 fully saturated rings. The zero-order valence-electron chi connectivity index (χ0n) is 18.6. The Hall–Kier alpha value is -2.48. The van der Waals surface area contributed by atoms with Crippen LogP contribution in [0.25, 0.3) is 6.08 Å². The second kappa shape index (κ2) is 10.0. The number of ether oxygens (including phenoxy) is 1. The number of amides is 3. The average Bonchev–Trinajstić information content (AvgIpc) is 2.99. The van der Waals surface area contributed by atoms with Gasteiger partial charge in [-0.15, -0.1) is 0 Å². The molecule has 2 aliphatic rings. The molecule has 1 aromatic carbocycles. The molecule has 0 bridgehead atoms. The predicted octanol–water partition coefficient (Wildman–Crippen LogP) is 4.40. The number of imide groups is 1. The highest BCUT2D eigenvalue weighted by Crippen LogP contribution is 2.32. The molecule has 2 aliphatic heterocycles. The highest BCUT2D eigenvalue weighted by Gasteiger charge is 2.28. The second-order valence-corrected chi connectivity index (χ2v) is 8.83. The summed E-state index contributed by atoms with van der Waals surface area (Å²) in [6.07, 6.45) is 1.46. The summed E-state index contributed by atoms with van der Waals surface area (Å²) >= 11 is 0.913. The van der Waals surface area contributed by atoms with Gasteiger partial charge in [-0.1, -0.05) is 32.0 Å². The third-order valence-electron chi connectivity index (χ3n) is 4.45. The van der Waals surface area contributed by atoms with E-state index in [0.717, 1.165) is 28.6 Å². The van der Waals surface area contributed by atoms with E-state index >= 15 is 0 Å². The Labute approximate surface area is 182 Å². The zero-order valence-corrected chi connectivity index (χ0v) is 19.4. The first kappa shape index (κ1) is 23.8. The van der Waals surface area contributed by atoms with Crippen LogP contribution in [0.15, 0.2) is 23.1 Å². The van der Waals surface area contributed by atoms with Gasteiger partial charge >= 0.3 is 6.09 Å². The molecule has 1 N–H and O–H groups in total. The van der Waals surface area contributed by atoms with Gasteiger partial charge in [0.1, 0.15) is 5.60 Å². The van der Waals surface area contributed by atoms with Crippen molar-refractivity contribution in [2.45, 2.75) is 47.1 Å². The van der Waals surface area contributed by atoms with Crippen LogP contribution in [-0.2, 0) is 9.53 Å². The van der Waals surface area contributed by atoms with Gasteiger partial charge in [-0.05, 0) is 56.7 Å². The first-order valence-electron chi connectivity index (χ1n) is 10.2. The molecule has 164 valence electrons. The van der Waals surface area contributed by atoms with E-state index in [4.69, 9.17) is 4.74 Å². The average molecular weight is 434 g/mol. The summed E-state index contributed by atoms with van der Waals surface area (Å²) in [5, 5.41) is 1.93. The van der Waals surface area contributed by atoms with Gasteiger partial charge in [-0.3, -0.25) is 14.9 Å². The number of thioether (sulfide) groups is 1. The van der Waals surface area contributed by atoms with Crippen LogP contribution in [0, 0.1) is 6.92 Å². The van der Waals surface area contributed by atoms with Crippen molar-refractivity contribution in [1.29, 1.82) is 0 Å². The molecule has 8 heteroatoms. The Balaban J connectivity index is 0.00000155. The Morgan fingerprint density at radius 3 is 2.30 bits per heavy atom. The van der Waals surface area contributed by atoms with Gasteiger partial charge in [-0.25, -0.2) is 4.79 Å². The van der Waals surface area contributed by atoms with E-state index in [2.05, 4.69) is 10.2 Å². The largest absolute Gasteiger partial charge is 0.444 e. The van der Waals surface area contributed by atoms with Crippen molar-refractivity contribution in [3.8, 4) is 0 Å². The minimum absolute atomic E-state index is 0.295. The second-order valence-electron chi connectivity index (χ2n) is 7.82. The zero-order chi connectivity index (χ0) is 22.5. The summed E-state index contributed by atoms with van der Waals surface area (Å²) in [7, 11) is 0. The summed E-state index contributed by atoms with van der Waals surface area (Å²) in [5.41, 5.74) is 2.47. The molecular weight excluding hydrogens is 402 g/mol. The number of nitrogens with zero attached hydrogens (tertiary/aromatic N) is 2. The number of aryl methyl sites for hydroxylation is 1. The summed E-state index contributed by atoms with van der Waals surface area (Å²) < 4.78 is 5.46. The van der Waals surface area contributed by atoms with Gasteiger partial charge < -0.3 is 14.5 Å². The van der Waals surface area contributed by atoms with E-state index in [-0.39, 0.29) is 17.2 Å². The molecule has 0 aromatic heterocycles. The van der Waals surface area contributed by atoms with Crippen LogP contribution >= 0.6 is 11.8 Å². The lowest BCUT2D eigenvalue weighted by Gasteiger charge is -2.38. The van der Waals surface area contributed by atoms with E-state index < -0.39 is 5.60 Å². The predicted molar refractivity (Wildman–Crippen MR) is 122 cm³/mol. The maximum atomic E-state index is 12.3. The lowest BCUT2D eigenvalue weighted by atomic mass is 10.0. The molecule has 0 spiro atoms. The van der Waals surface area contributed by atoms with Gasteiger partial charge in [0.05, 0.1) is 4.91 Å². The van der Waals surface area contributed by atoms with E-state index in [0.29, 0.717) is 31.1 Å². The number of piperazine rings is 1. The number of hydrogen-bond donors (Lipinski definition) is 1. The maximum Gasteiger partial charge on any atom is 0.410 e. The van der Waals surface area contributed by atoms with Gasteiger partial charge in [0.15, 0.2) is 0 Å². The van der Waals surface area contributed by atoms with Crippen molar-refractivity contribution in [3.05, 3.63) is 34.2 Å². The summed E-state index contributed by atoms with van der Waals surface area (Å²) in [5.74, 6) is -0.364.